The van der Waals surface area contributed by atoms with Gasteiger partial charge in [-0.15, -0.1) is 5.10 Å². The normalized spacial score (nSPS) is 9.67. The highest BCUT2D eigenvalue weighted by Crippen LogP contribution is 2.18. The highest BCUT2D eigenvalue weighted by Gasteiger charge is 1.95. The summed E-state index contributed by atoms with van der Waals surface area (Å²) in [6.45, 7) is 1.89. The molecule has 2 nitrogen and oxygen atoms in total. The predicted molar refractivity (Wildman–Crippen MR) is 42.2 cm³/mol. The Morgan fingerprint density at radius 2 is 2.00 bits per heavy atom. The predicted octanol–water partition coefficient (Wildman–Crippen LogP) is 2.31. The smallest absolute Gasteiger partial charge is 0.142 e. The minimum Gasteiger partial charge on any atom is -0.155 e. The standard InChI is InChI=1S/C5H4Br2N2/c1-3-2-4(6)5(7)9-8-3/h2H,1H3. The number of halogens is 2. The second kappa shape index (κ2) is 2.75. The molecule has 0 aliphatic rings. The summed E-state index contributed by atoms with van der Waals surface area (Å²) in [5.74, 6) is 0. The van der Waals surface area contributed by atoms with Gasteiger partial charge in [-0.3, -0.25) is 0 Å². The van der Waals surface area contributed by atoms with E-state index in [2.05, 4.69) is 42.1 Å². The third kappa shape index (κ3) is 1.72. The van der Waals surface area contributed by atoms with Crippen LogP contribution >= 0.6 is 31.9 Å². The zero-order valence-corrected chi connectivity index (χ0v) is 7.90. The number of rotatable bonds is 0. The second-order valence-corrected chi connectivity index (χ2v) is 3.23. The van der Waals surface area contributed by atoms with Crippen molar-refractivity contribution >= 4 is 31.9 Å². The zero-order valence-electron chi connectivity index (χ0n) is 4.73. The lowest BCUT2D eigenvalue weighted by molar-refractivity contribution is 0.951. The Morgan fingerprint density at radius 1 is 1.33 bits per heavy atom. The van der Waals surface area contributed by atoms with Gasteiger partial charge in [0.25, 0.3) is 0 Å². The molecule has 0 aliphatic heterocycles. The van der Waals surface area contributed by atoms with Crippen LogP contribution < -0.4 is 0 Å². The molecule has 0 amide bonds. The van der Waals surface area contributed by atoms with E-state index < -0.39 is 0 Å². The van der Waals surface area contributed by atoms with E-state index in [4.69, 9.17) is 0 Å². The summed E-state index contributed by atoms with van der Waals surface area (Å²) in [5, 5.41) is 7.61. The van der Waals surface area contributed by atoms with Crippen LogP contribution in [0.5, 0.6) is 0 Å². The lowest BCUT2D eigenvalue weighted by atomic mass is 10.4. The van der Waals surface area contributed by atoms with Gasteiger partial charge < -0.3 is 0 Å². The lowest BCUT2D eigenvalue weighted by Gasteiger charge is -1.92. The van der Waals surface area contributed by atoms with Crippen LogP contribution in [-0.2, 0) is 0 Å². The fourth-order valence-corrected chi connectivity index (χ4v) is 1.05. The van der Waals surface area contributed by atoms with E-state index in [-0.39, 0.29) is 0 Å². The molecule has 0 fully saturated rings. The van der Waals surface area contributed by atoms with E-state index in [0.717, 1.165) is 14.8 Å². The molecule has 1 aromatic heterocycles. The molecule has 0 N–H and O–H groups in total. The molecule has 0 radical (unpaired) electrons. The second-order valence-electron chi connectivity index (χ2n) is 1.62. The summed E-state index contributed by atoms with van der Waals surface area (Å²) >= 11 is 6.51. The highest BCUT2D eigenvalue weighted by atomic mass is 79.9. The van der Waals surface area contributed by atoms with Crippen LogP contribution in [0.15, 0.2) is 15.1 Å². The molecule has 0 saturated carbocycles. The maximum Gasteiger partial charge on any atom is 0.142 e. The Labute approximate surface area is 69.9 Å². The minimum absolute atomic E-state index is 0.744. The van der Waals surface area contributed by atoms with Gasteiger partial charge in [-0.2, -0.15) is 5.10 Å². The van der Waals surface area contributed by atoms with Crippen LogP contribution in [0.4, 0.5) is 0 Å². The molecule has 0 atom stereocenters. The Morgan fingerprint density at radius 3 is 2.44 bits per heavy atom. The molecule has 48 valence electrons. The fraction of sp³-hybridized carbons (Fsp3) is 0.200. The SMILES string of the molecule is Cc1cc(Br)c(Br)nn1. The maximum absolute atomic E-state index is 3.81. The quantitative estimate of drug-likeness (QED) is 0.707. The molecular weight excluding hydrogens is 248 g/mol. The van der Waals surface area contributed by atoms with E-state index in [9.17, 15) is 0 Å². The molecule has 0 bridgehead atoms. The monoisotopic (exact) mass is 250 g/mol. The van der Waals surface area contributed by atoms with E-state index in [0.29, 0.717) is 0 Å². The largest absolute Gasteiger partial charge is 0.155 e. The van der Waals surface area contributed by atoms with Gasteiger partial charge in [-0.05, 0) is 44.8 Å². The van der Waals surface area contributed by atoms with Gasteiger partial charge in [-0.1, -0.05) is 0 Å². The molecule has 0 saturated heterocycles. The van der Waals surface area contributed by atoms with E-state index in [1.807, 2.05) is 13.0 Å². The van der Waals surface area contributed by atoms with Crippen molar-refractivity contribution in [2.75, 3.05) is 0 Å². The first-order valence-electron chi connectivity index (χ1n) is 2.35. The Kier molecular flexibility index (Phi) is 2.18. The zero-order chi connectivity index (χ0) is 6.85. The molecule has 0 unspecified atom stereocenters. The number of aryl methyl sites for hydroxylation is 1. The van der Waals surface area contributed by atoms with Crippen molar-refractivity contribution in [2.24, 2.45) is 0 Å². The van der Waals surface area contributed by atoms with Gasteiger partial charge in [0.05, 0.1) is 10.2 Å². The molecular formula is C5H4Br2N2. The molecule has 0 aliphatic carbocycles. The summed E-state index contributed by atoms with van der Waals surface area (Å²) in [6.07, 6.45) is 0. The third-order valence-electron chi connectivity index (χ3n) is 0.828. The first-order valence-corrected chi connectivity index (χ1v) is 3.94. The maximum atomic E-state index is 3.81. The van der Waals surface area contributed by atoms with Crippen LogP contribution in [0.25, 0.3) is 0 Å². The average molecular weight is 252 g/mol. The first kappa shape index (κ1) is 7.15. The first-order chi connectivity index (χ1) is 4.20. The minimum atomic E-state index is 0.744. The van der Waals surface area contributed by atoms with Crippen LogP contribution in [0, 0.1) is 6.92 Å². The fourth-order valence-electron chi connectivity index (χ4n) is 0.442. The van der Waals surface area contributed by atoms with E-state index in [1.165, 1.54) is 0 Å². The Hall–Kier alpha value is 0.0400. The average Bonchev–Trinajstić information content (AvgIpc) is 1.80. The molecule has 1 rings (SSSR count). The highest BCUT2D eigenvalue weighted by molar-refractivity contribution is 9.13. The van der Waals surface area contributed by atoms with Crippen LogP contribution in [0.1, 0.15) is 5.69 Å². The van der Waals surface area contributed by atoms with Crippen molar-refractivity contribution in [3.63, 3.8) is 0 Å². The van der Waals surface area contributed by atoms with Gasteiger partial charge in [0, 0.05) is 0 Å². The van der Waals surface area contributed by atoms with Crippen molar-refractivity contribution in [3.8, 4) is 0 Å². The van der Waals surface area contributed by atoms with Crippen LogP contribution in [0.2, 0.25) is 0 Å². The number of aromatic nitrogens is 2. The molecule has 1 aromatic rings. The Bertz CT molecular complexity index is 224. The molecule has 9 heavy (non-hydrogen) atoms. The number of hydrogen-bond donors (Lipinski definition) is 0. The molecule has 0 aromatic carbocycles. The third-order valence-corrected chi connectivity index (χ3v) is 2.55. The summed E-state index contributed by atoms with van der Waals surface area (Å²) in [5.41, 5.74) is 0.907. The summed E-state index contributed by atoms with van der Waals surface area (Å²) < 4.78 is 1.68. The van der Waals surface area contributed by atoms with Crippen molar-refractivity contribution < 1.29 is 0 Å². The van der Waals surface area contributed by atoms with Gasteiger partial charge in [0.15, 0.2) is 0 Å². The van der Waals surface area contributed by atoms with Crippen LogP contribution in [0.3, 0.4) is 0 Å². The summed E-state index contributed by atoms with van der Waals surface area (Å²) in [6, 6.07) is 1.90. The van der Waals surface area contributed by atoms with E-state index in [1.54, 1.807) is 0 Å². The summed E-state index contributed by atoms with van der Waals surface area (Å²) in [4.78, 5) is 0. The molecule has 4 heteroatoms. The molecule has 0 spiro atoms. The van der Waals surface area contributed by atoms with Crippen molar-refractivity contribution in [2.45, 2.75) is 6.92 Å². The van der Waals surface area contributed by atoms with Gasteiger partial charge >= 0.3 is 0 Å². The number of nitrogens with zero attached hydrogens (tertiary/aromatic N) is 2. The number of hydrogen-bond acceptors (Lipinski definition) is 2. The van der Waals surface area contributed by atoms with Crippen molar-refractivity contribution in [1.29, 1.82) is 0 Å². The van der Waals surface area contributed by atoms with Gasteiger partial charge in [0.2, 0.25) is 0 Å². The van der Waals surface area contributed by atoms with Crippen molar-refractivity contribution in [3.05, 3.63) is 20.8 Å². The van der Waals surface area contributed by atoms with Gasteiger partial charge in [0.1, 0.15) is 4.60 Å². The Balaban J connectivity index is 3.17. The lowest BCUT2D eigenvalue weighted by Crippen LogP contribution is -1.86. The van der Waals surface area contributed by atoms with E-state index >= 15 is 0 Å². The van der Waals surface area contributed by atoms with Crippen LogP contribution in [-0.4, -0.2) is 10.2 Å². The molecule has 1 heterocycles. The van der Waals surface area contributed by atoms with Gasteiger partial charge in [-0.25, -0.2) is 0 Å². The summed E-state index contributed by atoms with van der Waals surface area (Å²) in [7, 11) is 0. The van der Waals surface area contributed by atoms with Crippen molar-refractivity contribution in [1.82, 2.24) is 10.2 Å². The topological polar surface area (TPSA) is 25.8 Å².